The summed E-state index contributed by atoms with van der Waals surface area (Å²) >= 11 is 1.11. The highest BCUT2D eigenvalue weighted by molar-refractivity contribution is 7.79. The van der Waals surface area contributed by atoms with Crippen molar-refractivity contribution in [1.29, 1.82) is 0 Å². The number of rotatable bonds is 4. The van der Waals surface area contributed by atoms with Gasteiger partial charge in [-0.3, -0.25) is 4.79 Å². The van der Waals surface area contributed by atoms with E-state index in [1.807, 2.05) is 50.2 Å². The Balaban J connectivity index is 0.00000127. The third-order valence-corrected chi connectivity index (χ3v) is 5.22. The minimum absolute atomic E-state index is 0.00528. The van der Waals surface area contributed by atoms with E-state index in [2.05, 4.69) is 27.0 Å². The summed E-state index contributed by atoms with van der Waals surface area (Å²) in [7, 11) is 1.66. The van der Waals surface area contributed by atoms with Gasteiger partial charge in [0.1, 0.15) is 5.75 Å². The van der Waals surface area contributed by atoms with Crippen molar-refractivity contribution in [2.45, 2.75) is 39.9 Å². The highest BCUT2D eigenvalue weighted by atomic mass is 32.2. The van der Waals surface area contributed by atoms with Crippen molar-refractivity contribution >= 4 is 28.3 Å². The SMILES string of the molecule is CC.COc1ccc(C(=O)C([SH+]C)C(C)(C)C)c2ccccc12. The second-order valence-electron chi connectivity index (χ2n) is 6.25. The normalized spacial score (nSPS) is 12.3. The average Bonchev–Trinajstić information content (AvgIpc) is 2.54. The Labute approximate surface area is 144 Å². The Kier molecular flexibility index (Phi) is 7.14. The number of hydrogen-bond donors (Lipinski definition) is 0. The first-order valence-corrected chi connectivity index (χ1v) is 9.50. The number of ether oxygens (including phenoxy) is 1. The number of hydrogen-bond acceptors (Lipinski definition) is 2. The van der Waals surface area contributed by atoms with Gasteiger partial charge in [0.05, 0.1) is 13.4 Å². The van der Waals surface area contributed by atoms with Crippen LogP contribution in [0.3, 0.4) is 0 Å². The molecule has 3 heteroatoms. The Bertz CT molecular complexity index is 656. The van der Waals surface area contributed by atoms with Gasteiger partial charge >= 0.3 is 0 Å². The van der Waals surface area contributed by atoms with E-state index in [1.54, 1.807) is 7.11 Å². The van der Waals surface area contributed by atoms with Crippen LogP contribution in [0.2, 0.25) is 0 Å². The van der Waals surface area contributed by atoms with E-state index in [0.717, 1.165) is 33.8 Å². The maximum atomic E-state index is 13.0. The van der Waals surface area contributed by atoms with Gasteiger partial charge in [0.25, 0.3) is 0 Å². The number of fused-ring (bicyclic) bond motifs is 1. The molecule has 0 amide bonds. The smallest absolute Gasteiger partial charge is 0.215 e. The number of benzene rings is 2. The number of thiol groups is 1. The molecular formula is C20H29O2S+. The third kappa shape index (κ3) is 4.29. The first kappa shape index (κ1) is 19.6. The zero-order chi connectivity index (χ0) is 17.6. The van der Waals surface area contributed by atoms with Crippen LogP contribution >= 0.6 is 0 Å². The predicted octanol–water partition coefficient (Wildman–Crippen LogP) is 4.92. The molecule has 2 rings (SSSR count). The van der Waals surface area contributed by atoms with Crippen LogP contribution < -0.4 is 4.74 Å². The topological polar surface area (TPSA) is 26.3 Å². The molecule has 0 saturated heterocycles. The number of carbonyl (C=O) groups excluding carboxylic acids is 1. The van der Waals surface area contributed by atoms with E-state index in [0.29, 0.717) is 0 Å². The molecule has 0 radical (unpaired) electrons. The van der Waals surface area contributed by atoms with Crippen LogP contribution in [0, 0.1) is 5.41 Å². The summed E-state index contributed by atoms with van der Waals surface area (Å²) in [4.78, 5) is 13.0. The maximum absolute atomic E-state index is 13.0. The molecule has 2 aromatic rings. The van der Waals surface area contributed by atoms with Crippen molar-refractivity contribution < 1.29 is 9.53 Å². The summed E-state index contributed by atoms with van der Waals surface area (Å²) in [6.45, 7) is 10.4. The highest BCUT2D eigenvalue weighted by Crippen LogP contribution is 2.32. The number of Topliss-reactive ketones (excluding diaryl/α,β-unsaturated/α-hetero) is 1. The van der Waals surface area contributed by atoms with E-state index in [1.165, 1.54) is 0 Å². The second-order valence-corrected chi connectivity index (χ2v) is 7.28. The molecule has 0 aliphatic carbocycles. The minimum Gasteiger partial charge on any atom is -0.496 e. The van der Waals surface area contributed by atoms with Gasteiger partial charge in [-0.1, -0.05) is 58.9 Å². The fraction of sp³-hybridized carbons (Fsp3) is 0.450. The van der Waals surface area contributed by atoms with Crippen molar-refractivity contribution in [2.24, 2.45) is 5.41 Å². The molecular weight excluding hydrogens is 304 g/mol. The summed E-state index contributed by atoms with van der Waals surface area (Å²) < 4.78 is 5.40. The largest absolute Gasteiger partial charge is 0.496 e. The molecule has 0 fully saturated rings. The van der Waals surface area contributed by atoms with Gasteiger partial charge in [-0.2, -0.15) is 0 Å². The van der Waals surface area contributed by atoms with Crippen molar-refractivity contribution in [2.75, 3.05) is 13.4 Å². The quantitative estimate of drug-likeness (QED) is 0.451. The van der Waals surface area contributed by atoms with E-state index < -0.39 is 0 Å². The highest BCUT2D eigenvalue weighted by Gasteiger charge is 2.37. The van der Waals surface area contributed by atoms with E-state index in [-0.39, 0.29) is 16.4 Å². The monoisotopic (exact) mass is 333 g/mol. The van der Waals surface area contributed by atoms with Crippen LogP contribution in [0.1, 0.15) is 45.0 Å². The lowest BCUT2D eigenvalue weighted by atomic mass is 9.86. The molecule has 1 unspecified atom stereocenters. The van der Waals surface area contributed by atoms with Crippen LogP contribution in [-0.4, -0.2) is 24.4 Å². The van der Waals surface area contributed by atoms with Gasteiger partial charge in [0, 0.05) is 16.4 Å². The lowest BCUT2D eigenvalue weighted by Gasteiger charge is -2.23. The lowest BCUT2D eigenvalue weighted by molar-refractivity contribution is 0.0952. The molecule has 2 nitrogen and oxygen atoms in total. The first-order valence-electron chi connectivity index (χ1n) is 8.09. The summed E-state index contributed by atoms with van der Waals surface area (Å²) in [5.74, 6) is 1.02. The summed E-state index contributed by atoms with van der Waals surface area (Å²) in [6.07, 6.45) is 2.06. The molecule has 0 saturated carbocycles. The average molecular weight is 334 g/mol. The molecule has 0 heterocycles. The zero-order valence-corrected chi connectivity index (χ0v) is 16.2. The molecule has 126 valence electrons. The van der Waals surface area contributed by atoms with Gasteiger partial charge in [0.15, 0.2) is 5.25 Å². The zero-order valence-electron chi connectivity index (χ0n) is 15.3. The van der Waals surface area contributed by atoms with Gasteiger partial charge in [-0.05, 0) is 29.3 Å². The fourth-order valence-electron chi connectivity index (χ4n) is 2.71. The number of methoxy groups -OCH3 is 1. The van der Waals surface area contributed by atoms with Crippen molar-refractivity contribution in [3.05, 3.63) is 42.0 Å². The fourth-order valence-corrected chi connectivity index (χ4v) is 3.86. The molecule has 0 N–H and O–H groups in total. The summed E-state index contributed by atoms with van der Waals surface area (Å²) in [6, 6.07) is 11.7. The van der Waals surface area contributed by atoms with Gasteiger partial charge in [-0.15, -0.1) is 0 Å². The Morgan fingerprint density at radius 2 is 1.61 bits per heavy atom. The van der Waals surface area contributed by atoms with E-state index in [4.69, 9.17) is 4.74 Å². The van der Waals surface area contributed by atoms with Crippen LogP contribution in [0.5, 0.6) is 5.75 Å². The van der Waals surface area contributed by atoms with E-state index >= 15 is 0 Å². The molecule has 23 heavy (non-hydrogen) atoms. The Morgan fingerprint density at radius 3 is 2.09 bits per heavy atom. The van der Waals surface area contributed by atoms with Gasteiger partial charge < -0.3 is 4.74 Å². The molecule has 0 spiro atoms. The Morgan fingerprint density at radius 1 is 1.04 bits per heavy atom. The molecule has 0 aromatic heterocycles. The number of carbonyl (C=O) groups is 1. The van der Waals surface area contributed by atoms with Gasteiger partial charge in [-0.25, -0.2) is 0 Å². The van der Waals surface area contributed by atoms with E-state index in [9.17, 15) is 4.79 Å². The molecule has 0 aliphatic rings. The standard InChI is InChI=1S/C18H22O2S.C2H6/c1-18(2,3)17(21-5)16(19)14-10-11-15(20-4)13-9-7-6-8-12(13)14;1-2/h6-11,17H,1-5H3;1-2H3/p+1. The van der Waals surface area contributed by atoms with Gasteiger partial charge in [0.2, 0.25) is 5.78 Å². The Hall–Kier alpha value is -1.48. The summed E-state index contributed by atoms with van der Waals surface area (Å²) in [5, 5.41) is 1.96. The molecule has 1 atom stereocenters. The summed E-state index contributed by atoms with van der Waals surface area (Å²) in [5.41, 5.74) is 0.745. The van der Waals surface area contributed by atoms with Crippen LogP contribution in [0.4, 0.5) is 0 Å². The minimum atomic E-state index is -0.0472. The molecule has 0 aliphatic heterocycles. The van der Waals surface area contributed by atoms with Crippen LogP contribution in [0.25, 0.3) is 10.8 Å². The third-order valence-electron chi connectivity index (χ3n) is 3.70. The molecule has 0 bridgehead atoms. The lowest BCUT2D eigenvalue weighted by Crippen LogP contribution is -2.35. The molecule has 2 aromatic carbocycles. The van der Waals surface area contributed by atoms with Crippen LogP contribution in [0.15, 0.2) is 36.4 Å². The number of ketones is 1. The predicted molar refractivity (Wildman–Crippen MR) is 104 cm³/mol. The van der Waals surface area contributed by atoms with Crippen molar-refractivity contribution in [3.8, 4) is 5.75 Å². The van der Waals surface area contributed by atoms with Crippen molar-refractivity contribution in [3.63, 3.8) is 0 Å². The first-order chi connectivity index (χ1) is 10.9. The maximum Gasteiger partial charge on any atom is 0.215 e. The van der Waals surface area contributed by atoms with Crippen LogP contribution in [-0.2, 0) is 11.8 Å². The van der Waals surface area contributed by atoms with Crippen molar-refractivity contribution in [1.82, 2.24) is 0 Å². The second kappa shape index (κ2) is 8.39.